The molecule has 154 valence electrons. The number of hydrogen-bond donors (Lipinski definition) is 3. The van der Waals surface area contributed by atoms with Gasteiger partial charge >= 0.3 is 6.18 Å². The summed E-state index contributed by atoms with van der Waals surface area (Å²) in [7, 11) is 0. The molecule has 0 amide bonds. The van der Waals surface area contributed by atoms with E-state index in [9.17, 15) is 18.3 Å². The minimum Gasteiger partial charge on any atom is -0.396 e. The number of aliphatic imine (C=N–C) groups is 1. The lowest BCUT2D eigenvalue weighted by Gasteiger charge is -2.19. The topological polar surface area (TPSA) is 59.9 Å². The van der Waals surface area contributed by atoms with Gasteiger partial charge in [0.15, 0.2) is 5.96 Å². The van der Waals surface area contributed by atoms with Crippen LogP contribution in [0.2, 0.25) is 0 Å². The van der Waals surface area contributed by atoms with Crippen molar-refractivity contribution in [3.05, 3.63) is 0 Å². The molecule has 0 aliphatic carbocycles. The molecule has 26 heavy (non-hydrogen) atoms. The van der Waals surface area contributed by atoms with E-state index in [0.717, 1.165) is 25.8 Å². The van der Waals surface area contributed by atoms with Gasteiger partial charge in [-0.3, -0.25) is 9.89 Å². The van der Waals surface area contributed by atoms with Crippen molar-refractivity contribution in [3.63, 3.8) is 0 Å². The van der Waals surface area contributed by atoms with Gasteiger partial charge in [0.1, 0.15) is 0 Å². The number of rotatable bonds is 10. The first-order valence-corrected chi connectivity index (χ1v) is 9.65. The van der Waals surface area contributed by atoms with Crippen molar-refractivity contribution in [2.24, 2.45) is 22.7 Å². The lowest BCUT2D eigenvalue weighted by molar-refractivity contribution is -0.143. The predicted molar refractivity (Wildman–Crippen MR) is 99.2 cm³/mol. The summed E-state index contributed by atoms with van der Waals surface area (Å²) < 4.78 is 37.4. The number of hydrogen-bond acceptors (Lipinski definition) is 3. The number of halogens is 3. The van der Waals surface area contributed by atoms with Crippen molar-refractivity contribution in [3.8, 4) is 0 Å². The zero-order valence-corrected chi connectivity index (χ0v) is 16.3. The molecule has 1 rings (SSSR count). The molecule has 1 aliphatic rings. The molecule has 0 saturated carbocycles. The van der Waals surface area contributed by atoms with E-state index in [1.54, 1.807) is 0 Å². The van der Waals surface area contributed by atoms with E-state index in [-0.39, 0.29) is 12.5 Å². The SMILES string of the molecule is CCNC(=NCC(CCO)CC(C)C)NCC1CCN(CC(F)(F)F)C1. The van der Waals surface area contributed by atoms with Crippen LogP contribution < -0.4 is 10.6 Å². The van der Waals surface area contributed by atoms with Crippen LogP contribution in [0.4, 0.5) is 13.2 Å². The second kappa shape index (κ2) is 11.6. The highest BCUT2D eigenvalue weighted by molar-refractivity contribution is 5.79. The fraction of sp³-hybridized carbons (Fsp3) is 0.944. The van der Waals surface area contributed by atoms with Gasteiger partial charge in [0.05, 0.1) is 6.54 Å². The van der Waals surface area contributed by atoms with Crippen LogP contribution in [0.1, 0.15) is 40.0 Å². The van der Waals surface area contributed by atoms with E-state index in [1.165, 1.54) is 4.90 Å². The van der Waals surface area contributed by atoms with Crippen molar-refractivity contribution >= 4 is 5.96 Å². The van der Waals surface area contributed by atoms with Crippen molar-refractivity contribution in [1.29, 1.82) is 0 Å². The molecule has 1 fully saturated rings. The Balaban J connectivity index is 2.46. The van der Waals surface area contributed by atoms with E-state index < -0.39 is 12.7 Å². The maximum absolute atomic E-state index is 12.5. The van der Waals surface area contributed by atoms with E-state index >= 15 is 0 Å². The van der Waals surface area contributed by atoms with Gasteiger partial charge in [0, 0.05) is 32.8 Å². The smallest absolute Gasteiger partial charge is 0.396 e. The number of nitrogens with zero attached hydrogens (tertiary/aromatic N) is 2. The van der Waals surface area contributed by atoms with Gasteiger partial charge in [-0.25, -0.2) is 0 Å². The number of aliphatic hydroxyl groups excluding tert-OH is 1. The van der Waals surface area contributed by atoms with Gasteiger partial charge < -0.3 is 15.7 Å². The van der Waals surface area contributed by atoms with Crippen LogP contribution in [0, 0.1) is 17.8 Å². The monoisotopic (exact) mass is 380 g/mol. The molecule has 0 spiro atoms. The van der Waals surface area contributed by atoms with Gasteiger partial charge in [-0.05, 0) is 50.5 Å². The van der Waals surface area contributed by atoms with Gasteiger partial charge in [0.2, 0.25) is 0 Å². The molecule has 8 heteroatoms. The molecule has 3 N–H and O–H groups in total. The number of nitrogens with one attached hydrogen (secondary N) is 2. The predicted octanol–water partition coefficient (Wildman–Crippen LogP) is 2.47. The fourth-order valence-corrected chi connectivity index (χ4v) is 3.41. The van der Waals surface area contributed by atoms with Crippen molar-refractivity contribution < 1.29 is 18.3 Å². The molecule has 1 aliphatic heterocycles. The number of guanidine groups is 1. The average Bonchev–Trinajstić information content (AvgIpc) is 2.95. The van der Waals surface area contributed by atoms with E-state index in [0.29, 0.717) is 44.0 Å². The molecule has 0 aromatic carbocycles. The molecule has 1 saturated heterocycles. The molecule has 0 aromatic heterocycles. The Morgan fingerprint density at radius 3 is 2.62 bits per heavy atom. The summed E-state index contributed by atoms with van der Waals surface area (Å²) in [6.45, 7) is 8.58. The first-order chi connectivity index (χ1) is 12.2. The molecular weight excluding hydrogens is 345 g/mol. The molecule has 5 nitrogen and oxygen atoms in total. The molecule has 0 aromatic rings. The molecular formula is C18H35F3N4O. The summed E-state index contributed by atoms with van der Waals surface area (Å²) in [5.41, 5.74) is 0. The van der Waals surface area contributed by atoms with Crippen LogP contribution in [0.15, 0.2) is 4.99 Å². The number of likely N-dealkylation sites (tertiary alicyclic amines) is 1. The van der Waals surface area contributed by atoms with Crippen LogP contribution in [0.3, 0.4) is 0 Å². The second-order valence-corrected chi connectivity index (χ2v) is 7.61. The Hall–Kier alpha value is -1.02. The summed E-state index contributed by atoms with van der Waals surface area (Å²) in [6.07, 6.45) is -1.62. The Morgan fingerprint density at radius 1 is 1.31 bits per heavy atom. The summed E-state index contributed by atoms with van der Waals surface area (Å²) in [6, 6.07) is 0. The lowest BCUT2D eigenvalue weighted by Crippen LogP contribution is -2.41. The minimum absolute atomic E-state index is 0.161. The number of alkyl halides is 3. The Labute approximate surface area is 155 Å². The molecule has 1 heterocycles. The van der Waals surface area contributed by atoms with Crippen LogP contribution >= 0.6 is 0 Å². The Morgan fingerprint density at radius 2 is 2.04 bits per heavy atom. The highest BCUT2D eigenvalue weighted by atomic mass is 19.4. The Kier molecular flexibility index (Phi) is 10.3. The third-order valence-electron chi connectivity index (χ3n) is 4.52. The zero-order valence-electron chi connectivity index (χ0n) is 16.3. The van der Waals surface area contributed by atoms with Crippen LogP contribution in [0.25, 0.3) is 0 Å². The standard InChI is InChI=1S/C18H35F3N4O/c1-4-22-17(23-10-15(6-8-26)9-14(2)3)24-11-16-5-7-25(12-16)13-18(19,20)21/h14-16,26H,4-13H2,1-3H3,(H2,22,23,24). The second-order valence-electron chi connectivity index (χ2n) is 7.61. The first-order valence-electron chi connectivity index (χ1n) is 9.65. The van der Waals surface area contributed by atoms with Crippen LogP contribution in [0.5, 0.6) is 0 Å². The average molecular weight is 380 g/mol. The Bertz CT molecular complexity index is 416. The van der Waals surface area contributed by atoms with Gasteiger partial charge in [-0.15, -0.1) is 0 Å². The summed E-state index contributed by atoms with van der Waals surface area (Å²) in [5.74, 6) is 1.79. The first kappa shape index (κ1) is 23.0. The molecule has 0 bridgehead atoms. The van der Waals surface area contributed by atoms with Gasteiger partial charge in [0.25, 0.3) is 0 Å². The molecule has 2 unspecified atom stereocenters. The maximum atomic E-state index is 12.5. The van der Waals surface area contributed by atoms with Crippen LogP contribution in [-0.4, -0.2) is 68.0 Å². The zero-order chi connectivity index (χ0) is 19.6. The summed E-state index contributed by atoms with van der Waals surface area (Å²) >= 11 is 0. The van der Waals surface area contributed by atoms with Crippen molar-refractivity contribution in [1.82, 2.24) is 15.5 Å². The number of aliphatic hydroxyl groups is 1. The largest absolute Gasteiger partial charge is 0.401 e. The minimum atomic E-state index is -4.13. The molecule has 2 atom stereocenters. The van der Waals surface area contributed by atoms with E-state index in [1.807, 2.05) is 6.92 Å². The summed E-state index contributed by atoms with van der Waals surface area (Å²) in [5, 5.41) is 15.7. The van der Waals surface area contributed by atoms with Crippen molar-refractivity contribution in [2.45, 2.75) is 46.2 Å². The van der Waals surface area contributed by atoms with Gasteiger partial charge in [-0.1, -0.05) is 13.8 Å². The third kappa shape index (κ3) is 10.2. The van der Waals surface area contributed by atoms with Gasteiger partial charge in [-0.2, -0.15) is 13.2 Å². The third-order valence-corrected chi connectivity index (χ3v) is 4.52. The van der Waals surface area contributed by atoms with Crippen molar-refractivity contribution in [2.75, 3.05) is 45.9 Å². The normalized spacial score (nSPS) is 20.6. The maximum Gasteiger partial charge on any atom is 0.401 e. The van der Waals surface area contributed by atoms with E-state index in [2.05, 4.69) is 29.5 Å². The lowest BCUT2D eigenvalue weighted by atomic mass is 9.94. The fourth-order valence-electron chi connectivity index (χ4n) is 3.41. The van der Waals surface area contributed by atoms with Crippen LogP contribution in [-0.2, 0) is 0 Å². The quantitative estimate of drug-likeness (QED) is 0.403. The van der Waals surface area contributed by atoms with E-state index in [4.69, 9.17) is 0 Å². The summed E-state index contributed by atoms with van der Waals surface area (Å²) in [4.78, 5) is 6.08. The highest BCUT2D eigenvalue weighted by Gasteiger charge is 2.34. The highest BCUT2D eigenvalue weighted by Crippen LogP contribution is 2.22. The molecule has 0 radical (unpaired) electrons.